The Labute approximate surface area is 259 Å². The van der Waals surface area contributed by atoms with Crippen LogP contribution in [-0.4, -0.2) is 81.0 Å². The van der Waals surface area contributed by atoms with Crippen molar-refractivity contribution in [2.45, 2.75) is 44.3 Å². The third-order valence-electron chi connectivity index (χ3n) is 8.85. The zero-order valence-corrected chi connectivity index (χ0v) is 25.7. The molecule has 4 aromatic rings. The summed E-state index contributed by atoms with van der Waals surface area (Å²) >= 11 is 13.2. The molecule has 1 amide bonds. The molecule has 6 rings (SSSR count). The summed E-state index contributed by atoms with van der Waals surface area (Å²) in [7, 11) is 4.08. The molecule has 0 spiro atoms. The molecule has 12 heteroatoms. The van der Waals surface area contributed by atoms with Crippen molar-refractivity contribution < 1.29 is 9.18 Å². The number of anilines is 1. The number of amides is 1. The molecule has 5 heterocycles. The molecule has 0 aliphatic carbocycles. The lowest BCUT2D eigenvalue weighted by molar-refractivity contribution is -0.130. The van der Waals surface area contributed by atoms with Gasteiger partial charge in [-0.15, -0.1) is 0 Å². The zero-order valence-electron chi connectivity index (χ0n) is 24.2. The topological polar surface area (TPSA) is 94.2 Å². The highest BCUT2D eigenvalue weighted by atomic mass is 35.5. The number of imidazole rings is 1. The number of aromatic nitrogens is 4. The molecule has 2 aliphatic heterocycles. The fourth-order valence-electron chi connectivity index (χ4n) is 6.29. The van der Waals surface area contributed by atoms with E-state index >= 15 is 4.39 Å². The number of likely N-dealkylation sites (N-methyl/N-ethyl adjacent to an activating group) is 1. The summed E-state index contributed by atoms with van der Waals surface area (Å²) < 4.78 is 18.7. The van der Waals surface area contributed by atoms with Crippen LogP contribution in [0.15, 0.2) is 37.4 Å². The molecule has 1 aromatic carbocycles. The van der Waals surface area contributed by atoms with E-state index in [0.717, 1.165) is 18.6 Å². The highest BCUT2D eigenvalue weighted by Crippen LogP contribution is 2.43. The Kier molecular flexibility index (Phi) is 7.75. The second-order valence-corrected chi connectivity index (χ2v) is 12.3. The number of carbonyl (C=O) groups is 1. The van der Waals surface area contributed by atoms with Crippen LogP contribution in [0.4, 0.5) is 10.2 Å². The van der Waals surface area contributed by atoms with Crippen LogP contribution >= 0.6 is 23.2 Å². The molecule has 0 unspecified atom stereocenters. The van der Waals surface area contributed by atoms with Gasteiger partial charge in [0.15, 0.2) is 11.6 Å². The summed E-state index contributed by atoms with van der Waals surface area (Å²) in [5.41, 5.74) is 2.95. The second kappa shape index (κ2) is 11.4. The number of pyridine rings is 2. The van der Waals surface area contributed by atoms with Gasteiger partial charge in [-0.1, -0.05) is 29.8 Å². The smallest absolute Gasteiger partial charge is 0.246 e. The molecular formula is C31H31Cl2FN8O. The van der Waals surface area contributed by atoms with Crippen molar-refractivity contribution in [2.75, 3.05) is 38.6 Å². The minimum absolute atomic E-state index is 0.0810. The van der Waals surface area contributed by atoms with Crippen LogP contribution in [0.5, 0.6) is 0 Å². The average Bonchev–Trinajstić information content (AvgIpc) is 3.40. The van der Waals surface area contributed by atoms with Crippen molar-refractivity contribution in [3.8, 4) is 17.2 Å². The van der Waals surface area contributed by atoms with Crippen LogP contribution in [-0.2, 0) is 4.79 Å². The van der Waals surface area contributed by atoms with E-state index in [1.54, 1.807) is 30.4 Å². The van der Waals surface area contributed by atoms with Gasteiger partial charge in [-0.25, -0.2) is 14.4 Å². The molecule has 3 aromatic heterocycles. The van der Waals surface area contributed by atoms with E-state index < -0.39 is 5.82 Å². The zero-order chi connectivity index (χ0) is 30.6. The Bertz CT molecular complexity index is 1810. The van der Waals surface area contributed by atoms with Crippen molar-refractivity contribution in [1.82, 2.24) is 29.3 Å². The highest BCUT2D eigenvalue weighted by molar-refractivity contribution is 6.35. The van der Waals surface area contributed by atoms with E-state index in [-0.39, 0.29) is 40.5 Å². The molecule has 2 saturated heterocycles. The number of nitrogens with zero attached hydrogens (tertiary/aromatic N) is 8. The summed E-state index contributed by atoms with van der Waals surface area (Å²) in [6, 6.07) is 3.95. The number of likely N-dealkylation sites (tertiary alicyclic amines) is 1. The van der Waals surface area contributed by atoms with Gasteiger partial charge >= 0.3 is 0 Å². The normalized spacial score (nSPS) is 19.2. The van der Waals surface area contributed by atoms with Crippen LogP contribution in [0, 0.1) is 24.1 Å². The van der Waals surface area contributed by atoms with Crippen molar-refractivity contribution >= 4 is 56.9 Å². The molecule has 2 atom stereocenters. The number of hydrogen-bond donors (Lipinski definition) is 0. The third-order valence-corrected chi connectivity index (χ3v) is 9.53. The standard InChI is InChI=1S/C31H31Cl2FN8O/c1-5-25(43)41-9-7-19(10-18(41)6-8-35)42-16-37-29-30(42)21-11-23(32)26(22-12-36-13-24(33)17(22)2)27(34)28(21)38-31(29)40-14-20(15-40)39(3)4/h5,11-13,16,18-20H,1,6-7,9-10,14-15H2,2-4H3/t18-,19+/m1/s1. The van der Waals surface area contributed by atoms with Gasteiger partial charge in [0.2, 0.25) is 5.91 Å². The maximum atomic E-state index is 16.7. The first kappa shape index (κ1) is 29.3. The lowest BCUT2D eigenvalue weighted by Crippen LogP contribution is -2.57. The van der Waals surface area contributed by atoms with Crippen molar-refractivity contribution in [3.05, 3.63) is 58.9 Å². The van der Waals surface area contributed by atoms with Crippen molar-refractivity contribution in [1.29, 1.82) is 5.26 Å². The molecular weight excluding hydrogens is 590 g/mol. The number of piperidine rings is 1. The summed E-state index contributed by atoms with van der Waals surface area (Å²) in [5.74, 6) is -0.129. The van der Waals surface area contributed by atoms with Gasteiger partial charge < -0.3 is 19.3 Å². The van der Waals surface area contributed by atoms with Crippen LogP contribution in [0.25, 0.3) is 33.1 Å². The van der Waals surface area contributed by atoms with E-state index in [0.29, 0.717) is 58.3 Å². The van der Waals surface area contributed by atoms with Crippen LogP contribution < -0.4 is 4.90 Å². The van der Waals surface area contributed by atoms with Crippen LogP contribution in [0.1, 0.15) is 30.9 Å². The highest BCUT2D eigenvalue weighted by Gasteiger charge is 2.35. The van der Waals surface area contributed by atoms with Crippen LogP contribution in [0.3, 0.4) is 0 Å². The number of benzene rings is 1. The Morgan fingerprint density at radius 3 is 2.72 bits per heavy atom. The number of fused-ring (bicyclic) bond motifs is 3. The average molecular weight is 622 g/mol. The lowest BCUT2D eigenvalue weighted by Gasteiger charge is -2.43. The number of halogens is 3. The minimum Gasteiger partial charge on any atom is -0.351 e. The molecule has 0 radical (unpaired) electrons. The van der Waals surface area contributed by atoms with E-state index in [9.17, 15) is 10.1 Å². The monoisotopic (exact) mass is 620 g/mol. The SMILES string of the molecule is C=CC(=O)N1CC[C@H](n2cnc3c(N4CC(N(C)C)C4)nc4c(F)c(-c5cncc(Cl)c5C)c(Cl)cc4c32)C[C@H]1CC#N. The number of rotatable bonds is 6. The van der Waals surface area contributed by atoms with Crippen molar-refractivity contribution in [3.63, 3.8) is 0 Å². The van der Waals surface area contributed by atoms with E-state index in [2.05, 4.69) is 27.4 Å². The summed E-state index contributed by atoms with van der Waals surface area (Å²) in [6.07, 6.45) is 7.52. The fraction of sp³-hybridized carbons (Fsp3) is 0.387. The van der Waals surface area contributed by atoms with Crippen LogP contribution in [0.2, 0.25) is 10.0 Å². The maximum Gasteiger partial charge on any atom is 0.246 e. The number of carbonyl (C=O) groups excluding carboxylic acids is 1. The molecule has 0 N–H and O–H groups in total. The van der Waals surface area contributed by atoms with E-state index in [1.807, 2.05) is 18.7 Å². The van der Waals surface area contributed by atoms with Gasteiger partial charge in [-0.2, -0.15) is 5.26 Å². The molecule has 43 heavy (non-hydrogen) atoms. The third kappa shape index (κ3) is 4.89. The summed E-state index contributed by atoms with van der Waals surface area (Å²) in [4.78, 5) is 32.4. The Morgan fingerprint density at radius 2 is 2.02 bits per heavy atom. The first-order valence-electron chi connectivity index (χ1n) is 14.1. The largest absolute Gasteiger partial charge is 0.351 e. The summed E-state index contributed by atoms with van der Waals surface area (Å²) in [6.45, 7) is 7.36. The van der Waals surface area contributed by atoms with E-state index in [4.69, 9.17) is 33.2 Å². The van der Waals surface area contributed by atoms with Gasteiger partial charge in [-0.3, -0.25) is 9.78 Å². The molecule has 2 fully saturated rings. The molecule has 0 saturated carbocycles. The Hall–Kier alpha value is -3.78. The first-order chi connectivity index (χ1) is 20.6. The lowest BCUT2D eigenvalue weighted by atomic mass is 9.94. The van der Waals surface area contributed by atoms with Gasteiger partial charge in [-0.05, 0) is 51.6 Å². The van der Waals surface area contributed by atoms with Crippen molar-refractivity contribution in [2.24, 2.45) is 0 Å². The predicted octanol–water partition coefficient (Wildman–Crippen LogP) is 5.78. The molecule has 0 bridgehead atoms. The fourth-order valence-corrected chi connectivity index (χ4v) is 6.74. The Balaban J connectivity index is 1.55. The number of hydrogen-bond acceptors (Lipinski definition) is 7. The summed E-state index contributed by atoms with van der Waals surface area (Å²) in [5, 5.41) is 10.7. The van der Waals surface area contributed by atoms with E-state index in [1.165, 1.54) is 12.3 Å². The Morgan fingerprint density at radius 1 is 1.26 bits per heavy atom. The predicted molar refractivity (Wildman–Crippen MR) is 167 cm³/mol. The van der Waals surface area contributed by atoms with Gasteiger partial charge in [0, 0.05) is 66.7 Å². The van der Waals surface area contributed by atoms with Gasteiger partial charge in [0.1, 0.15) is 11.0 Å². The molecule has 222 valence electrons. The van der Waals surface area contributed by atoms with Gasteiger partial charge in [0.05, 0.1) is 34.4 Å². The number of nitriles is 1. The first-order valence-corrected chi connectivity index (χ1v) is 14.9. The van der Waals surface area contributed by atoms with Gasteiger partial charge in [0.25, 0.3) is 0 Å². The minimum atomic E-state index is -0.552. The maximum absolute atomic E-state index is 16.7. The molecule has 9 nitrogen and oxygen atoms in total. The molecule has 2 aliphatic rings. The second-order valence-electron chi connectivity index (χ2n) is 11.5. The quantitative estimate of drug-likeness (QED) is 0.252.